The maximum Gasteiger partial charge on any atom is 0.411 e. The topological polar surface area (TPSA) is 151 Å². The van der Waals surface area contributed by atoms with Crippen LogP contribution < -0.4 is 21.7 Å². The summed E-state index contributed by atoms with van der Waals surface area (Å²) in [6, 6.07) is -4.53. The van der Waals surface area contributed by atoms with E-state index in [1.165, 1.54) is 4.90 Å². The highest BCUT2D eigenvalue weighted by Crippen LogP contribution is 2.65. The first-order chi connectivity index (χ1) is 18.1. The van der Waals surface area contributed by atoms with Gasteiger partial charge in [0.05, 0.1) is 6.04 Å². The Morgan fingerprint density at radius 1 is 1.00 bits per heavy atom. The molecule has 3 aliphatic rings. The van der Waals surface area contributed by atoms with Crippen molar-refractivity contribution in [1.82, 2.24) is 20.9 Å². The van der Waals surface area contributed by atoms with Gasteiger partial charge in [0.2, 0.25) is 17.6 Å². The summed E-state index contributed by atoms with van der Waals surface area (Å²) in [5.74, 6) is -3.35. The number of halogens is 3. The standard InChI is InChI=1S/C27H42F3N5O5/c1-24(2,3)19(33-23(40)34-26(6,7)27(28,29)30)22(39)35-12-14-16(25(14,4)5)17(35)21(38)32-15(18(36)20(31)37)11-13-9-8-10-13/h13-17,19H,8-12H2,1-7H3,(H2,31,37)(H,32,38)(H2,33,34,40)/t14-,15?,16?,17-,19+/m0/s1. The van der Waals surface area contributed by atoms with Gasteiger partial charge in [0.15, 0.2) is 0 Å². The van der Waals surface area contributed by atoms with Crippen molar-refractivity contribution in [1.29, 1.82) is 0 Å². The van der Waals surface area contributed by atoms with Gasteiger partial charge in [0.25, 0.3) is 5.91 Å². The minimum atomic E-state index is -4.73. The quantitative estimate of drug-likeness (QED) is 0.312. The predicted molar refractivity (Wildman–Crippen MR) is 139 cm³/mol. The second-order valence-electron chi connectivity index (χ2n) is 13.7. The van der Waals surface area contributed by atoms with Crippen molar-refractivity contribution in [3.63, 3.8) is 0 Å². The van der Waals surface area contributed by atoms with Crippen LogP contribution in [0.5, 0.6) is 0 Å². The molecular formula is C27H42F3N5O5. The SMILES string of the molecule is CC(C)(C)[C@H](NC(=O)NC(C)(C)C(F)(F)F)C(=O)N1C[C@H]2C([C@H]1C(=O)NC(CC1CCC1)C(=O)C(N)=O)C2(C)C. The van der Waals surface area contributed by atoms with Crippen LogP contribution in [0.4, 0.5) is 18.0 Å². The lowest BCUT2D eigenvalue weighted by molar-refractivity contribution is -0.182. The zero-order valence-corrected chi connectivity index (χ0v) is 24.2. The van der Waals surface area contributed by atoms with Crippen LogP contribution in [0.1, 0.15) is 74.1 Å². The van der Waals surface area contributed by atoms with Gasteiger partial charge in [-0.05, 0) is 48.9 Å². The number of likely N-dealkylation sites (tertiary alicyclic amines) is 1. The molecule has 5 atom stereocenters. The van der Waals surface area contributed by atoms with E-state index in [2.05, 4.69) is 10.6 Å². The van der Waals surface area contributed by atoms with Gasteiger partial charge in [0.1, 0.15) is 17.6 Å². The molecule has 2 saturated carbocycles. The fraction of sp³-hybridized carbons (Fsp3) is 0.815. The third kappa shape index (κ3) is 6.22. The Morgan fingerprint density at radius 2 is 1.57 bits per heavy atom. The Hall–Kier alpha value is -2.86. The number of fused-ring (bicyclic) bond motifs is 1. The fourth-order valence-corrected chi connectivity index (χ4v) is 5.87. The molecule has 1 heterocycles. The molecule has 10 nitrogen and oxygen atoms in total. The molecular weight excluding hydrogens is 531 g/mol. The van der Waals surface area contributed by atoms with E-state index in [0.717, 1.165) is 33.1 Å². The first-order valence-corrected chi connectivity index (χ1v) is 13.7. The third-order valence-electron chi connectivity index (χ3n) is 8.95. The van der Waals surface area contributed by atoms with Crippen molar-refractivity contribution in [3.8, 4) is 0 Å². The first kappa shape index (κ1) is 31.7. The highest BCUT2D eigenvalue weighted by atomic mass is 19.4. The van der Waals surface area contributed by atoms with Crippen molar-refractivity contribution in [2.24, 2.45) is 34.3 Å². The summed E-state index contributed by atoms with van der Waals surface area (Å²) in [4.78, 5) is 65.8. The van der Waals surface area contributed by atoms with Gasteiger partial charge in [-0.3, -0.25) is 19.2 Å². The van der Waals surface area contributed by atoms with Gasteiger partial charge >= 0.3 is 12.2 Å². The molecule has 5 N–H and O–H groups in total. The van der Waals surface area contributed by atoms with Gasteiger partial charge in [-0.2, -0.15) is 13.2 Å². The number of ketones is 1. The van der Waals surface area contributed by atoms with Crippen LogP contribution in [-0.2, 0) is 19.2 Å². The Morgan fingerprint density at radius 3 is 2.02 bits per heavy atom. The first-order valence-electron chi connectivity index (χ1n) is 13.7. The number of piperidine rings is 1. The zero-order valence-electron chi connectivity index (χ0n) is 24.2. The van der Waals surface area contributed by atoms with Crippen molar-refractivity contribution < 1.29 is 37.1 Å². The fourth-order valence-electron chi connectivity index (χ4n) is 5.87. The van der Waals surface area contributed by atoms with Crippen LogP contribution in [0.2, 0.25) is 0 Å². The molecule has 0 aromatic rings. The molecule has 226 valence electrons. The number of urea groups is 1. The number of amides is 5. The maximum absolute atomic E-state index is 13.9. The summed E-state index contributed by atoms with van der Waals surface area (Å²) in [6.07, 6.45) is -1.72. The zero-order chi connectivity index (χ0) is 30.6. The monoisotopic (exact) mass is 573 g/mol. The van der Waals surface area contributed by atoms with Crippen molar-refractivity contribution in [3.05, 3.63) is 0 Å². The average Bonchev–Trinajstić information content (AvgIpc) is 3.10. The summed E-state index contributed by atoms with van der Waals surface area (Å²) in [5, 5.41) is 6.96. The number of hydrogen-bond donors (Lipinski definition) is 4. The molecule has 0 spiro atoms. The maximum atomic E-state index is 13.9. The number of carbonyl (C=O) groups is 5. The van der Waals surface area contributed by atoms with E-state index in [0.29, 0.717) is 0 Å². The molecule has 0 aromatic heterocycles. The second-order valence-corrected chi connectivity index (χ2v) is 13.7. The number of carbonyl (C=O) groups excluding carboxylic acids is 5. The lowest BCUT2D eigenvalue weighted by atomic mass is 9.80. The van der Waals surface area contributed by atoms with Crippen LogP contribution in [0.3, 0.4) is 0 Å². The number of rotatable bonds is 9. The number of hydrogen-bond acceptors (Lipinski definition) is 5. The van der Waals surface area contributed by atoms with E-state index in [9.17, 15) is 37.1 Å². The van der Waals surface area contributed by atoms with E-state index in [1.807, 2.05) is 19.2 Å². The van der Waals surface area contributed by atoms with Crippen LogP contribution in [0.15, 0.2) is 0 Å². The molecule has 0 bridgehead atoms. The molecule has 0 radical (unpaired) electrons. The van der Waals surface area contributed by atoms with Gasteiger partial charge in [-0.1, -0.05) is 53.9 Å². The minimum absolute atomic E-state index is 0.0252. The Balaban J connectivity index is 1.83. The van der Waals surface area contributed by atoms with Crippen LogP contribution in [0.25, 0.3) is 0 Å². The summed E-state index contributed by atoms with van der Waals surface area (Å²) in [6.45, 7) is 10.7. The lowest BCUT2D eigenvalue weighted by Gasteiger charge is -2.38. The van der Waals surface area contributed by atoms with Gasteiger partial charge in [-0.25, -0.2) is 4.79 Å². The van der Waals surface area contributed by atoms with Crippen molar-refractivity contribution >= 4 is 29.5 Å². The highest BCUT2D eigenvalue weighted by molar-refractivity contribution is 6.37. The Bertz CT molecular complexity index is 1060. The summed E-state index contributed by atoms with van der Waals surface area (Å²) in [5.41, 5.74) is 1.50. The summed E-state index contributed by atoms with van der Waals surface area (Å²) < 4.78 is 40.0. The number of alkyl halides is 3. The molecule has 3 fully saturated rings. The largest absolute Gasteiger partial charge is 0.411 e. The van der Waals surface area contributed by atoms with Gasteiger partial charge in [-0.15, -0.1) is 0 Å². The normalized spacial score (nSPS) is 25.6. The second kappa shape index (κ2) is 10.5. The van der Waals surface area contributed by atoms with Crippen LogP contribution in [0, 0.1) is 28.6 Å². The molecule has 2 unspecified atom stereocenters. The van der Waals surface area contributed by atoms with E-state index in [1.54, 1.807) is 20.8 Å². The van der Waals surface area contributed by atoms with E-state index >= 15 is 0 Å². The van der Waals surface area contributed by atoms with E-state index in [-0.39, 0.29) is 36.1 Å². The van der Waals surface area contributed by atoms with Crippen LogP contribution in [-0.4, -0.2) is 70.8 Å². The predicted octanol–water partition coefficient (Wildman–Crippen LogP) is 2.25. The lowest BCUT2D eigenvalue weighted by Crippen LogP contribution is -2.64. The van der Waals surface area contributed by atoms with Crippen molar-refractivity contribution in [2.75, 3.05) is 6.54 Å². The Labute approximate surface area is 232 Å². The number of primary amides is 1. The summed E-state index contributed by atoms with van der Waals surface area (Å²) >= 11 is 0. The molecule has 13 heteroatoms. The van der Waals surface area contributed by atoms with E-state index in [4.69, 9.17) is 5.73 Å². The smallest absolute Gasteiger partial charge is 0.363 e. The van der Waals surface area contributed by atoms with Crippen molar-refractivity contribution in [2.45, 2.75) is 104 Å². The molecule has 0 aromatic carbocycles. The number of nitrogens with one attached hydrogen (secondary N) is 3. The summed E-state index contributed by atoms with van der Waals surface area (Å²) in [7, 11) is 0. The molecule has 1 aliphatic heterocycles. The molecule has 2 aliphatic carbocycles. The highest BCUT2D eigenvalue weighted by Gasteiger charge is 2.70. The number of nitrogens with two attached hydrogens (primary N) is 1. The Kier molecular flexibility index (Phi) is 8.33. The van der Waals surface area contributed by atoms with Gasteiger partial charge < -0.3 is 26.6 Å². The molecule has 1 saturated heterocycles. The van der Waals surface area contributed by atoms with Crippen LogP contribution >= 0.6 is 0 Å². The number of Topliss-reactive ketones (excluding diaryl/α,β-unsaturated/α-hetero) is 1. The minimum Gasteiger partial charge on any atom is -0.363 e. The van der Waals surface area contributed by atoms with Gasteiger partial charge in [0, 0.05) is 6.54 Å². The van der Waals surface area contributed by atoms with E-state index < -0.39 is 64.8 Å². The molecule has 40 heavy (non-hydrogen) atoms. The molecule has 3 rings (SSSR count). The third-order valence-corrected chi connectivity index (χ3v) is 8.95. The molecule has 5 amide bonds. The average molecular weight is 574 g/mol. The number of nitrogens with zero attached hydrogens (tertiary/aromatic N) is 1.